The minimum Gasteiger partial charge on any atom is -0.369 e. The van der Waals surface area contributed by atoms with E-state index in [-0.39, 0.29) is 24.2 Å². The summed E-state index contributed by atoms with van der Waals surface area (Å²) in [6.07, 6.45) is -3.47. The van der Waals surface area contributed by atoms with Gasteiger partial charge in [-0.15, -0.1) is 0 Å². The molecular formula is C13H17F3N4O. The second-order valence-electron chi connectivity index (χ2n) is 5.04. The van der Waals surface area contributed by atoms with Crippen LogP contribution < -0.4 is 16.4 Å². The van der Waals surface area contributed by atoms with Crippen LogP contribution in [0.4, 0.5) is 19.0 Å². The highest BCUT2D eigenvalue weighted by Gasteiger charge is 2.34. The molecule has 0 atom stereocenters. The van der Waals surface area contributed by atoms with Gasteiger partial charge in [0, 0.05) is 31.1 Å². The molecule has 0 bridgehead atoms. The highest BCUT2D eigenvalue weighted by molar-refractivity contribution is 5.77. The Morgan fingerprint density at radius 1 is 1.33 bits per heavy atom. The number of carbonyl (C=O) groups is 1. The standard InChI is InChI=1S/C13H17F3N4O/c14-13(15,16)10-2-1-9(7-17)12(19-10)20-5-3-8(4-6-20)11(18)21/h1-2,8H,3-7,17H2,(H2,18,21). The number of amides is 1. The quantitative estimate of drug-likeness (QED) is 0.880. The molecular weight excluding hydrogens is 285 g/mol. The molecule has 0 saturated carbocycles. The fourth-order valence-electron chi connectivity index (χ4n) is 2.44. The normalized spacial score (nSPS) is 17.0. The van der Waals surface area contributed by atoms with Gasteiger partial charge in [0.1, 0.15) is 11.5 Å². The van der Waals surface area contributed by atoms with E-state index < -0.39 is 11.9 Å². The van der Waals surface area contributed by atoms with Crippen molar-refractivity contribution in [3.8, 4) is 0 Å². The Balaban J connectivity index is 2.24. The molecule has 0 spiro atoms. The van der Waals surface area contributed by atoms with Crippen LogP contribution in [0.3, 0.4) is 0 Å². The Morgan fingerprint density at radius 2 is 1.95 bits per heavy atom. The molecule has 1 aromatic heterocycles. The van der Waals surface area contributed by atoms with Crippen molar-refractivity contribution in [1.82, 2.24) is 4.98 Å². The number of nitrogens with two attached hydrogens (primary N) is 2. The van der Waals surface area contributed by atoms with E-state index in [1.165, 1.54) is 6.07 Å². The van der Waals surface area contributed by atoms with Gasteiger partial charge in [0.25, 0.3) is 0 Å². The summed E-state index contributed by atoms with van der Waals surface area (Å²) in [6, 6.07) is 2.28. The molecule has 1 aromatic rings. The van der Waals surface area contributed by atoms with Gasteiger partial charge in [-0.2, -0.15) is 13.2 Å². The number of primary amides is 1. The first-order valence-corrected chi connectivity index (χ1v) is 6.64. The number of rotatable bonds is 3. The summed E-state index contributed by atoms with van der Waals surface area (Å²) in [7, 11) is 0. The first kappa shape index (κ1) is 15.6. The van der Waals surface area contributed by atoms with Crippen molar-refractivity contribution in [2.45, 2.75) is 25.6 Å². The van der Waals surface area contributed by atoms with E-state index in [1.807, 2.05) is 0 Å². The van der Waals surface area contributed by atoms with Gasteiger partial charge in [-0.3, -0.25) is 4.79 Å². The number of pyridine rings is 1. The molecule has 1 aliphatic rings. The van der Waals surface area contributed by atoms with Crippen molar-refractivity contribution >= 4 is 11.7 Å². The lowest BCUT2D eigenvalue weighted by Gasteiger charge is -2.32. The van der Waals surface area contributed by atoms with Crippen LogP contribution in [0.15, 0.2) is 12.1 Å². The molecule has 0 aliphatic carbocycles. The van der Waals surface area contributed by atoms with Crippen LogP contribution in [0.1, 0.15) is 24.1 Å². The monoisotopic (exact) mass is 302 g/mol. The second kappa shape index (κ2) is 5.88. The largest absolute Gasteiger partial charge is 0.433 e. The number of aromatic nitrogens is 1. The Labute approximate surface area is 120 Å². The minimum absolute atomic E-state index is 0.107. The van der Waals surface area contributed by atoms with Crippen LogP contribution in [-0.2, 0) is 17.5 Å². The molecule has 1 aliphatic heterocycles. The third-order valence-electron chi connectivity index (χ3n) is 3.66. The van der Waals surface area contributed by atoms with Crippen molar-refractivity contribution in [2.75, 3.05) is 18.0 Å². The van der Waals surface area contributed by atoms with Crippen LogP contribution in [0.5, 0.6) is 0 Å². The van der Waals surface area contributed by atoms with E-state index in [4.69, 9.17) is 11.5 Å². The van der Waals surface area contributed by atoms with E-state index in [2.05, 4.69) is 4.98 Å². The van der Waals surface area contributed by atoms with Crippen molar-refractivity contribution in [3.63, 3.8) is 0 Å². The molecule has 1 amide bonds. The van der Waals surface area contributed by atoms with E-state index in [1.54, 1.807) is 4.90 Å². The maximum Gasteiger partial charge on any atom is 0.433 e. The van der Waals surface area contributed by atoms with Gasteiger partial charge in [0.05, 0.1) is 0 Å². The van der Waals surface area contributed by atoms with Crippen molar-refractivity contribution < 1.29 is 18.0 Å². The zero-order valence-corrected chi connectivity index (χ0v) is 11.4. The van der Waals surface area contributed by atoms with Crippen LogP contribution in [0.2, 0.25) is 0 Å². The molecule has 4 N–H and O–H groups in total. The van der Waals surface area contributed by atoms with E-state index in [0.29, 0.717) is 31.5 Å². The minimum atomic E-state index is -4.49. The zero-order chi connectivity index (χ0) is 15.6. The molecule has 0 unspecified atom stereocenters. The number of hydrogen-bond donors (Lipinski definition) is 2. The molecule has 1 fully saturated rings. The summed E-state index contributed by atoms with van der Waals surface area (Å²) >= 11 is 0. The maximum absolute atomic E-state index is 12.8. The predicted octanol–water partition coefficient (Wildman–Crippen LogP) is 1.26. The third kappa shape index (κ3) is 3.44. The van der Waals surface area contributed by atoms with Crippen molar-refractivity contribution in [2.24, 2.45) is 17.4 Å². The molecule has 2 heterocycles. The van der Waals surface area contributed by atoms with Gasteiger partial charge in [-0.05, 0) is 18.9 Å². The molecule has 8 heteroatoms. The Morgan fingerprint density at radius 3 is 2.43 bits per heavy atom. The number of piperidine rings is 1. The van der Waals surface area contributed by atoms with Gasteiger partial charge < -0.3 is 16.4 Å². The van der Waals surface area contributed by atoms with E-state index in [9.17, 15) is 18.0 Å². The van der Waals surface area contributed by atoms with Gasteiger partial charge >= 0.3 is 6.18 Å². The predicted molar refractivity (Wildman–Crippen MR) is 71.3 cm³/mol. The average molecular weight is 302 g/mol. The lowest BCUT2D eigenvalue weighted by molar-refractivity contribution is -0.141. The molecule has 1 saturated heterocycles. The van der Waals surface area contributed by atoms with Gasteiger partial charge in [-0.25, -0.2) is 4.98 Å². The Kier molecular flexibility index (Phi) is 4.36. The van der Waals surface area contributed by atoms with E-state index in [0.717, 1.165) is 6.07 Å². The van der Waals surface area contributed by atoms with Crippen LogP contribution in [0.25, 0.3) is 0 Å². The van der Waals surface area contributed by atoms with E-state index >= 15 is 0 Å². The zero-order valence-electron chi connectivity index (χ0n) is 11.4. The fraction of sp³-hybridized carbons (Fsp3) is 0.538. The van der Waals surface area contributed by atoms with Gasteiger partial charge in [0.15, 0.2) is 0 Å². The number of hydrogen-bond acceptors (Lipinski definition) is 4. The van der Waals surface area contributed by atoms with Crippen LogP contribution in [-0.4, -0.2) is 24.0 Å². The SMILES string of the molecule is NCc1ccc(C(F)(F)F)nc1N1CCC(C(N)=O)CC1. The highest BCUT2D eigenvalue weighted by Crippen LogP contribution is 2.31. The second-order valence-corrected chi connectivity index (χ2v) is 5.04. The summed E-state index contributed by atoms with van der Waals surface area (Å²) in [5.41, 5.74) is 10.4. The smallest absolute Gasteiger partial charge is 0.369 e. The molecule has 5 nitrogen and oxygen atoms in total. The molecule has 2 rings (SSSR count). The molecule has 21 heavy (non-hydrogen) atoms. The summed E-state index contributed by atoms with van der Waals surface area (Å²) in [6.45, 7) is 0.986. The third-order valence-corrected chi connectivity index (χ3v) is 3.66. The number of halogens is 3. The summed E-state index contributed by atoms with van der Waals surface area (Å²) < 4.78 is 38.3. The molecule has 116 valence electrons. The Hall–Kier alpha value is -1.83. The number of nitrogens with zero attached hydrogens (tertiary/aromatic N) is 2. The van der Waals surface area contributed by atoms with Crippen molar-refractivity contribution in [3.05, 3.63) is 23.4 Å². The van der Waals surface area contributed by atoms with Gasteiger partial charge in [0.2, 0.25) is 5.91 Å². The number of carbonyl (C=O) groups excluding carboxylic acids is 1. The number of alkyl halides is 3. The number of anilines is 1. The maximum atomic E-state index is 12.8. The summed E-state index contributed by atoms with van der Waals surface area (Å²) in [5.74, 6) is -0.352. The van der Waals surface area contributed by atoms with Gasteiger partial charge in [-0.1, -0.05) is 6.07 Å². The Bertz CT molecular complexity index is 525. The topological polar surface area (TPSA) is 85.2 Å². The first-order valence-electron chi connectivity index (χ1n) is 6.64. The van der Waals surface area contributed by atoms with Crippen molar-refractivity contribution in [1.29, 1.82) is 0 Å². The lowest BCUT2D eigenvalue weighted by atomic mass is 9.96. The fourth-order valence-corrected chi connectivity index (χ4v) is 2.44. The van der Waals surface area contributed by atoms with Crippen LogP contribution >= 0.6 is 0 Å². The van der Waals surface area contributed by atoms with Crippen LogP contribution in [0, 0.1) is 5.92 Å². The summed E-state index contributed by atoms with van der Waals surface area (Å²) in [5, 5.41) is 0. The average Bonchev–Trinajstić information content (AvgIpc) is 2.45. The first-order chi connectivity index (χ1) is 9.82. The molecule has 0 radical (unpaired) electrons. The highest BCUT2D eigenvalue weighted by atomic mass is 19.4. The lowest BCUT2D eigenvalue weighted by Crippen LogP contribution is -2.39. The molecule has 0 aromatic carbocycles. The summed E-state index contributed by atoms with van der Waals surface area (Å²) in [4.78, 5) is 16.6.